The maximum atomic E-state index is 12.1. The number of hydrogen-bond acceptors (Lipinski definition) is 5. The van der Waals surface area contributed by atoms with Gasteiger partial charge in [-0.25, -0.2) is 4.79 Å². The predicted octanol–water partition coefficient (Wildman–Crippen LogP) is 3.09. The summed E-state index contributed by atoms with van der Waals surface area (Å²) in [6.07, 6.45) is -0.138. The highest BCUT2D eigenvalue weighted by molar-refractivity contribution is 6.42. The molecule has 1 amide bonds. The lowest BCUT2D eigenvalue weighted by atomic mass is 10.2. The van der Waals surface area contributed by atoms with Gasteiger partial charge in [-0.05, 0) is 35.9 Å². The van der Waals surface area contributed by atoms with E-state index in [-0.39, 0.29) is 24.2 Å². The Balaban J connectivity index is 1.42. The largest absolute Gasteiger partial charge is 0.484 e. The van der Waals surface area contributed by atoms with Gasteiger partial charge in [0, 0.05) is 26.2 Å². The summed E-state index contributed by atoms with van der Waals surface area (Å²) in [4.78, 5) is 25.3. The molecule has 160 valence electrons. The highest BCUT2D eigenvalue weighted by Gasteiger charge is 2.21. The lowest BCUT2D eigenvalue weighted by Gasteiger charge is -2.33. The number of nitrogens with zero attached hydrogens (tertiary/aromatic N) is 1. The van der Waals surface area contributed by atoms with E-state index in [4.69, 9.17) is 37.8 Å². The molecule has 0 unspecified atom stereocenters. The zero-order chi connectivity index (χ0) is 21.5. The molecule has 30 heavy (non-hydrogen) atoms. The zero-order valence-electron chi connectivity index (χ0n) is 16.1. The van der Waals surface area contributed by atoms with Crippen molar-refractivity contribution in [3.8, 4) is 5.75 Å². The number of carbonyl (C=O) groups is 2. The van der Waals surface area contributed by atoms with E-state index in [9.17, 15) is 9.59 Å². The fourth-order valence-electron chi connectivity index (χ4n) is 3.09. The standard InChI is InChI=1S/C21H22Cl2N2O5/c22-18-5-4-14(8-19(18)23)11-25-6-7-29-17(12-25)10-24-20(26)13-30-16-3-1-2-15(9-16)21(27)28/h1-5,8-9,17H,6-7,10-13H2,(H,24,26)(H,27,28)/t17-/m0/s1. The fourth-order valence-corrected chi connectivity index (χ4v) is 3.41. The summed E-state index contributed by atoms with van der Waals surface area (Å²) in [6, 6.07) is 11.6. The first-order chi connectivity index (χ1) is 14.4. The number of morpholine rings is 1. The molecule has 0 bridgehead atoms. The molecule has 0 saturated carbocycles. The monoisotopic (exact) mass is 452 g/mol. The summed E-state index contributed by atoms with van der Waals surface area (Å²) in [6.45, 7) is 2.89. The molecule has 1 heterocycles. The average molecular weight is 453 g/mol. The van der Waals surface area contributed by atoms with Crippen LogP contribution in [0.2, 0.25) is 10.0 Å². The molecule has 1 saturated heterocycles. The molecule has 0 aliphatic carbocycles. The Bertz CT molecular complexity index is 909. The molecule has 0 spiro atoms. The number of carboxylic acid groups (broad SMARTS) is 1. The van der Waals surface area contributed by atoms with Gasteiger partial charge in [0.15, 0.2) is 6.61 Å². The third-order valence-corrected chi connectivity index (χ3v) is 5.33. The summed E-state index contributed by atoms with van der Waals surface area (Å²) >= 11 is 12.0. The number of rotatable bonds is 8. The van der Waals surface area contributed by atoms with Crippen LogP contribution in [0.25, 0.3) is 0 Å². The van der Waals surface area contributed by atoms with Gasteiger partial charge in [0.05, 0.1) is 28.3 Å². The third kappa shape index (κ3) is 6.60. The topological polar surface area (TPSA) is 88.1 Å². The second kappa shape index (κ2) is 10.6. The van der Waals surface area contributed by atoms with Gasteiger partial charge in [-0.15, -0.1) is 0 Å². The molecule has 1 aliphatic rings. The van der Waals surface area contributed by atoms with Crippen molar-refractivity contribution in [2.45, 2.75) is 12.6 Å². The molecular weight excluding hydrogens is 431 g/mol. The van der Waals surface area contributed by atoms with Gasteiger partial charge in [0.1, 0.15) is 5.75 Å². The van der Waals surface area contributed by atoms with Crippen LogP contribution in [-0.4, -0.2) is 60.8 Å². The number of carboxylic acids is 1. The molecule has 9 heteroatoms. The molecule has 2 aromatic rings. The van der Waals surface area contributed by atoms with Crippen molar-refractivity contribution in [3.05, 3.63) is 63.6 Å². The van der Waals surface area contributed by atoms with Crippen molar-refractivity contribution >= 4 is 35.1 Å². The molecule has 3 rings (SSSR count). The molecule has 0 aromatic heterocycles. The lowest BCUT2D eigenvalue weighted by molar-refractivity contribution is -0.124. The molecule has 2 aromatic carbocycles. The van der Waals surface area contributed by atoms with Crippen LogP contribution in [0.3, 0.4) is 0 Å². The SMILES string of the molecule is O=C(COc1cccc(C(=O)O)c1)NC[C@H]1CN(Cc2ccc(Cl)c(Cl)c2)CCO1. The van der Waals surface area contributed by atoms with Crippen LogP contribution in [0.5, 0.6) is 5.75 Å². The summed E-state index contributed by atoms with van der Waals surface area (Å²) < 4.78 is 11.1. The van der Waals surface area contributed by atoms with Crippen LogP contribution < -0.4 is 10.1 Å². The summed E-state index contributed by atoms with van der Waals surface area (Å²) in [5.41, 5.74) is 1.16. The van der Waals surface area contributed by atoms with Gasteiger partial charge in [-0.2, -0.15) is 0 Å². The third-order valence-electron chi connectivity index (χ3n) is 4.59. The van der Waals surface area contributed by atoms with Crippen molar-refractivity contribution in [2.75, 3.05) is 32.8 Å². The molecule has 7 nitrogen and oxygen atoms in total. The van der Waals surface area contributed by atoms with Crippen LogP contribution >= 0.6 is 23.2 Å². The number of nitrogens with one attached hydrogen (secondary N) is 1. The summed E-state index contributed by atoms with van der Waals surface area (Å²) in [5, 5.41) is 12.8. The van der Waals surface area contributed by atoms with Gasteiger partial charge >= 0.3 is 5.97 Å². The number of aromatic carboxylic acids is 1. The Kier molecular flexibility index (Phi) is 7.93. The average Bonchev–Trinajstić information content (AvgIpc) is 2.74. The number of benzene rings is 2. The molecule has 1 fully saturated rings. The van der Waals surface area contributed by atoms with Gasteiger partial charge in [0.25, 0.3) is 5.91 Å². The van der Waals surface area contributed by atoms with Crippen LogP contribution in [0.15, 0.2) is 42.5 Å². The van der Waals surface area contributed by atoms with E-state index >= 15 is 0 Å². The summed E-state index contributed by atoms with van der Waals surface area (Å²) in [5.74, 6) is -1.03. The first kappa shape index (κ1) is 22.4. The van der Waals surface area contributed by atoms with E-state index in [1.807, 2.05) is 12.1 Å². The van der Waals surface area contributed by atoms with Crippen molar-refractivity contribution in [2.24, 2.45) is 0 Å². The number of halogens is 2. The second-order valence-corrected chi connectivity index (χ2v) is 7.72. The Morgan fingerprint density at radius 1 is 1.20 bits per heavy atom. The van der Waals surface area contributed by atoms with Crippen molar-refractivity contribution in [1.29, 1.82) is 0 Å². The molecule has 1 aliphatic heterocycles. The Morgan fingerprint density at radius 3 is 2.80 bits per heavy atom. The van der Waals surface area contributed by atoms with Gasteiger partial charge in [-0.3, -0.25) is 9.69 Å². The fraction of sp³-hybridized carbons (Fsp3) is 0.333. The van der Waals surface area contributed by atoms with Crippen molar-refractivity contribution in [3.63, 3.8) is 0 Å². The zero-order valence-corrected chi connectivity index (χ0v) is 17.7. The Labute approximate surface area is 184 Å². The van der Waals surface area contributed by atoms with Gasteiger partial charge in [0.2, 0.25) is 0 Å². The smallest absolute Gasteiger partial charge is 0.335 e. The maximum Gasteiger partial charge on any atom is 0.335 e. The maximum absolute atomic E-state index is 12.1. The van der Waals surface area contributed by atoms with Crippen molar-refractivity contribution in [1.82, 2.24) is 10.2 Å². The first-order valence-corrected chi connectivity index (χ1v) is 10.2. The van der Waals surface area contributed by atoms with Crippen LogP contribution in [-0.2, 0) is 16.1 Å². The van der Waals surface area contributed by atoms with E-state index in [1.165, 1.54) is 12.1 Å². The number of carbonyl (C=O) groups excluding carboxylic acids is 1. The first-order valence-electron chi connectivity index (χ1n) is 9.41. The number of hydrogen-bond donors (Lipinski definition) is 2. The van der Waals surface area contributed by atoms with Crippen LogP contribution in [0, 0.1) is 0 Å². The molecular formula is C21H22Cl2N2O5. The minimum Gasteiger partial charge on any atom is -0.484 e. The molecule has 0 radical (unpaired) electrons. The normalized spacial score (nSPS) is 16.8. The quantitative estimate of drug-likeness (QED) is 0.639. The highest BCUT2D eigenvalue weighted by Crippen LogP contribution is 2.23. The van der Waals surface area contributed by atoms with Gasteiger partial charge in [-0.1, -0.05) is 35.3 Å². The van der Waals surface area contributed by atoms with Crippen molar-refractivity contribution < 1.29 is 24.2 Å². The Morgan fingerprint density at radius 2 is 2.03 bits per heavy atom. The van der Waals surface area contributed by atoms with E-state index in [0.29, 0.717) is 42.0 Å². The number of ether oxygens (including phenoxy) is 2. The van der Waals surface area contributed by atoms with E-state index in [1.54, 1.807) is 18.2 Å². The van der Waals surface area contributed by atoms with Crippen LogP contribution in [0.1, 0.15) is 15.9 Å². The minimum absolute atomic E-state index is 0.102. The molecule has 1 atom stereocenters. The molecule has 2 N–H and O–H groups in total. The number of amides is 1. The highest BCUT2D eigenvalue weighted by atomic mass is 35.5. The van der Waals surface area contributed by atoms with E-state index in [2.05, 4.69) is 10.2 Å². The lowest BCUT2D eigenvalue weighted by Crippen LogP contribution is -2.47. The minimum atomic E-state index is -1.05. The Hall–Kier alpha value is -2.32. The van der Waals surface area contributed by atoms with E-state index in [0.717, 1.165) is 12.1 Å². The van der Waals surface area contributed by atoms with Gasteiger partial charge < -0.3 is 19.9 Å². The summed E-state index contributed by atoms with van der Waals surface area (Å²) in [7, 11) is 0. The van der Waals surface area contributed by atoms with Crippen LogP contribution in [0.4, 0.5) is 0 Å². The predicted molar refractivity (Wildman–Crippen MR) is 113 cm³/mol. The second-order valence-electron chi connectivity index (χ2n) is 6.90. The van der Waals surface area contributed by atoms with E-state index < -0.39 is 5.97 Å².